The first kappa shape index (κ1) is 18.6. The number of primary sulfonamides is 1. The van der Waals surface area contributed by atoms with Gasteiger partial charge in [-0.2, -0.15) is 0 Å². The molecule has 0 fully saturated rings. The molecule has 0 aliphatic rings. The summed E-state index contributed by atoms with van der Waals surface area (Å²) in [6.07, 6.45) is 0. The molecule has 2 aromatic rings. The summed E-state index contributed by atoms with van der Waals surface area (Å²) in [5, 5.41) is 7.69. The van der Waals surface area contributed by atoms with Crippen molar-refractivity contribution in [2.24, 2.45) is 5.14 Å². The predicted octanol–water partition coefficient (Wildman–Crippen LogP) is 1.61. The first-order valence-electron chi connectivity index (χ1n) is 7.04. The van der Waals surface area contributed by atoms with Crippen molar-refractivity contribution in [2.75, 3.05) is 26.6 Å². The molecule has 9 heteroatoms. The Morgan fingerprint density at radius 3 is 2.12 bits per heavy atom. The number of hydrogen-bond donors (Lipinski definition) is 2. The van der Waals surface area contributed by atoms with Gasteiger partial charge in [-0.15, -0.1) is 0 Å². The van der Waals surface area contributed by atoms with Gasteiger partial charge in [0, 0.05) is 17.8 Å². The molecule has 8 nitrogen and oxygen atoms in total. The fourth-order valence-electron chi connectivity index (χ4n) is 2.16. The second-order valence-electron chi connectivity index (χ2n) is 4.93. The second kappa shape index (κ2) is 7.41. The molecule has 0 bridgehead atoms. The first-order valence-corrected chi connectivity index (χ1v) is 8.59. The molecule has 0 heterocycles. The number of sulfonamides is 1. The van der Waals surface area contributed by atoms with E-state index in [2.05, 4.69) is 5.32 Å². The van der Waals surface area contributed by atoms with E-state index >= 15 is 0 Å². The SMILES string of the molecule is COc1cc(OC)c(C(=O)Nc2cccc(S(N)(=O)=O)c2)cc1OC. The number of carbonyl (C=O) groups excluding carboxylic acids is 1. The van der Waals surface area contributed by atoms with Crippen LogP contribution < -0.4 is 24.7 Å². The molecule has 0 atom stereocenters. The number of carbonyl (C=O) groups is 1. The number of nitrogens with one attached hydrogen (secondary N) is 1. The Morgan fingerprint density at radius 1 is 0.960 bits per heavy atom. The van der Waals surface area contributed by atoms with Crippen molar-refractivity contribution in [2.45, 2.75) is 4.90 Å². The lowest BCUT2D eigenvalue weighted by atomic mass is 10.1. The van der Waals surface area contributed by atoms with Crippen molar-refractivity contribution in [1.29, 1.82) is 0 Å². The number of ether oxygens (including phenoxy) is 3. The third kappa shape index (κ3) is 4.20. The van der Waals surface area contributed by atoms with Gasteiger partial charge >= 0.3 is 0 Å². The van der Waals surface area contributed by atoms with Crippen LogP contribution in [0.5, 0.6) is 17.2 Å². The van der Waals surface area contributed by atoms with Crippen LogP contribution in [0.25, 0.3) is 0 Å². The summed E-state index contributed by atoms with van der Waals surface area (Å²) in [5.41, 5.74) is 0.467. The van der Waals surface area contributed by atoms with Crippen LogP contribution in [0, 0.1) is 0 Å². The number of benzene rings is 2. The molecule has 0 aliphatic carbocycles. The summed E-state index contributed by atoms with van der Waals surface area (Å²) < 4.78 is 38.4. The van der Waals surface area contributed by atoms with Crippen molar-refractivity contribution in [3.8, 4) is 17.2 Å². The summed E-state index contributed by atoms with van der Waals surface area (Å²) in [7, 11) is 0.460. The van der Waals surface area contributed by atoms with Crippen molar-refractivity contribution < 1.29 is 27.4 Å². The Kier molecular flexibility index (Phi) is 5.50. The topological polar surface area (TPSA) is 117 Å². The standard InChI is InChI=1S/C16H18N2O6S/c1-22-13-9-15(24-3)14(23-2)8-12(13)16(19)18-10-5-4-6-11(7-10)25(17,20)21/h4-9H,1-3H3,(H,18,19)(H2,17,20,21). The zero-order valence-electron chi connectivity index (χ0n) is 13.9. The quantitative estimate of drug-likeness (QED) is 0.802. The lowest BCUT2D eigenvalue weighted by Gasteiger charge is -2.14. The van der Waals surface area contributed by atoms with Crippen LogP contribution in [-0.4, -0.2) is 35.7 Å². The highest BCUT2D eigenvalue weighted by Crippen LogP contribution is 2.35. The number of amides is 1. The van der Waals surface area contributed by atoms with E-state index in [9.17, 15) is 13.2 Å². The average molecular weight is 366 g/mol. The zero-order valence-corrected chi connectivity index (χ0v) is 14.7. The van der Waals surface area contributed by atoms with E-state index in [1.54, 1.807) is 6.07 Å². The Balaban J connectivity index is 2.38. The van der Waals surface area contributed by atoms with Crippen LogP contribution in [0.2, 0.25) is 0 Å². The predicted molar refractivity (Wildman–Crippen MR) is 91.9 cm³/mol. The number of nitrogens with two attached hydrogens (primary N) is 1. The van der Waals surface area contributed by atoms with Gasteiger partial charge in [0.05, 0.1) is 31.8 Å². The zero-order chi connectivity index (χ0) is 18.6. The van der Waals surface area contributed by atoms with Gasteiger partial charge in [0.15, 0.2) is 11.5 Å². The fraction of sp³-hybridized carbons (Fsp3) is 0.188. The molecule has 0 saturated carbocycles. The van der Waals surface area contributed by atoms with Crippen LogP contribution in [0.15, 0.2) is 41.3 Å². The first-order chi connectivity index (χ1) is 11.8. The smallest absolute Gasteiger partial charge is 0.259 e. The van der Waals surface area contributed by atoms with Crippen LogP contribution >= 0.6 is 0 Å². The van der Waals surface area contributed by atoms with E-state index in [1.807, 2.05) is 0 Å². The Bertz CT molecular complexity index is 895. The second-order valence-corrected chi connectivity index (χ2v) is 6.50. The summed E-state index contributed by atoms with van der Waals surface area (Å²) in [5.74, 6) is 0.529. The van der Waals surface area contributed by atoms with Crippen molar-refractivity contribution in [3.05, 3.63) is 42.0 Å². The fourth-order valence-corrected chi connectivity index (χ4v) is 2.72. The Morgan fingerprint density at radius 2 is 1.56 bits per heavy atom. The van der Waals surface area contributed by atoms with Crippen LogP contribution in [-0.2, 0) is 10.0 Å². The van der Waals surface area contributed by atoms with Gasteiger partial charge in [0.1, 0.15) is 5.75 Å². The van der Waals surface area contributed by atoms with Crippen LogP contribution in [0.3, 0.4) is 0 Å². The van der Waals surface area contributed by atoms with Crippen molar-refractivity contribution in [3.63, 3.8) is 0 Å². The third-order valence-corrected chi connectivity index (χ3v) is 4.28. The van der Waals surface area contributed by atoms with E-state index < -0.39 is 15.9 Å². The molecular weight excluding hydrogens is 348 g/mol. The molecular formula is C16H18N2O6S. The highest BCUT2D eigenvalue weighted by atomic mass is 32.2. The van der Waals surface area contributed by atoms with Crippen LogP contribution in [0.4, 0.5) is 5.69 Å². The molecule has 0 aliphatic heterocycles. The highest BCUT2D eigenvalue weighted by molar-refractivity contribution is 7.89. The molecule has 0 spiro atoms. The molecule has 0 aromatic heterocycles. The maximum absolute atomic E-state index is 12.6. The van der Waals surface area contributed by atoms with E-state index in [-0.39, 0.29) is 21.9 Å². The molecule has 2 rings (SSSR count). The maximum atomic E-state index is 12.6. The van der Waals surface area contributed by atoms with E-state index in [1.165, 1.54) is 51.7 Å². The van der Waals surface area contributed by atoms with Gasteiger partial charge in [-0.25, -0.2) is 13.6 Å². The number of methoxy groups -OCH3 is 3. The largest absolute Gasteiger partial charge is 0.496 e. The molecule has 0 saturated heterocycles. The Labute approximate surface area is 145 Å². The molecule has 0 unspecified atom stereocenters. The minimum Gasteiger partial charge on any atom is -0.496 e. The van der Waals surface area contributed by atoms with Crippen molar-refractivity contribution in [1.82, 2.24) is 0 Å². The molecule has 134 valence electrons. The van der Waals surface area contributed by atoms with Crippen molar-refractivity contribution >= 4 is 21.6 Å². The summed E-state index contributed by atoms with van der Waals surface area (Å²) in [6.45, 7) is 0. The van der Waals surface area contributed by atoms with E-state index in [0.717, 1.165) is 0 Å². The van der Waals surface area contributed by atoms with Crippen LogP contribution in [0.1, 0.15) is 10.4 Å². The highest BCUT2D eigenvalue weighted by Gasteiger charge is 2.18. The summed E-state index contributed by atoms with van der Waals surface area (Å²) in [4.78, 5) is 12.4. The van der Waals surface area contributed by atoms with E-state index in [0.29, 0.717) is 11.5 Å². The normalized spacial score (nSPS) is 10.9. The number of hydrogen-bond acceptors (Lipinski definition) is 6. The molecule has 2 aromatic carbocycles. The summed E-state index contributed by atoms with van der Waals surface area (Å²) in [6, 6.07) is 8.61. The Hall–Kier alpha value is -2.78. The maximum Gasteiger partial charge on any atom is 0.259 e. The van der Waals surface area contributed by atoms with E-state index in [4.69, 9.17) is 19.3 Å². The minimum absolute atomic E-state index is 0.107. The molecule has 1 amide bonds. The van der Waals surface area contributed by atoms with Gasteiger partial charge in [-0.3, -0.25) is 4.79 Å². The third-order valence-electron chi connectivity index (χ3n) is 3.37. The molecule has 3 N–H and O–H groups in total. The monoisotopic (exact) mass is 366 g/mol. The molecule has 0 radical (unpaired) electrons. The van der Waals surface area contributed by atoms with Gasteiger partial charge in [0.25, 0.3) is 5.91 Å². The molecule has 25 heavy (non-hydrogen) atoms. The minimum atomic E-state index is -3.87. The summed E-state index contributed by atoms with van der Waals surface area (Å²) >= 11 is 0. The number of anilines is 1. The average Bonchev–Trinajstić information content (AvgIpc) is 2.59. The lowest BCUT2D eigenvalue weighted by molar-refractivity contribution is 0.102. The van der Waals surface area contributed by atoms with Gasteiger partial charge in [-0.05, 0) is 18.2 Å². The van der Waals surface area contributed by atoms with Gasteiger partial charge < -0.3 is 19.5 Å². The van der Waals surface area contributed by atoms with Gasteiger partial charge in [-0.1, -0.05) is 6.07 Å². The number of rotatable bonds is 6. The lowest BCUT2D eigenvalue weighted by Crippen LogP contribution is -2.15. The van der Waals surface area contributed by atoms with Gasteiger partial charge in [0.2, 0.25) is 10.0 Å².